The fourth-order valence-corrected chi connectivity index (χ4v) is 1.74. The summed E-state index contributed by atoms with van der Waals surface area (Å²) < 4.78 is 5.70. The molecule has 5 nitrogen and oxygen atoms in total. The summed E-state index contributed by atoms with van der Waals surface area (Å²) >= 11 is 0. The van der Waals surface area contributed by atoms with Gasteiger partial charge in [0.25, 0.3) is 5.91 Å². The van der Waals surface area contributed by atoms with E-state index >= 15 is 0 Å². The fraction of sp³-hybridized carbons (Fsp3) is 0.0625. The molecule has 0 spiro atoms. The number of hydrogen-bond acceptors (Lipinski definition) is 4. The number of nitrogens with two attached hydrogens (primary N) is 1. The van der Waals surface area contributed by atoms with Crippen molar-refractivity contribution in [3.05, 3.63) is 59.4 Å². The third-order valence-corrected chi connectivity index (χ3v) is 2.76. The molecular weight excluding hydrogens is 266 g/mol. The smallest absolute Gasteiger partial charge is 0.259 e. The number of ether oxygens (including phenoxy) is 1. The van der Waals surface area contributed by atoms with E-state index < -0.39 is 5.91 Å². The van der Waals surface area contributed by atoms with Gasteiger partial charge in [0.05, 0.1) is 6.20 Å². The van der Waals surface area contributed by atoms with Gasteiger partial charge in [0, 0.05) is 6.20 Å². The van der Waals surface area contributed by atoms with Crippen molar-refractivity contribution in [2.45, 2.75) is 6.92 Å². The maximum atomic E-state index is 11.0. The summed E-state index contributed by atoms with van der Waals surface area (Å²) in [7, 11) is 0. The lowest BCUT2D eigenvalue weighted by atomic mass is 10.1. The lowest BCUT2D eigenvalue weighted by molar-refractivity contribution is -0.114. The Kier molecular flexibility index (Phi) is 4.32. The number of rotatable bonds is 4. The van der Waals surface area contributed by atoms with E-state index in [4.69, 9.17) is 15.7 Å². The molecule has 0 saturated heterocycles. The lowest BCUT2D eigenvalue weighted by Crippen LogP contribution is -2.12. The molecule has 21 heavy (non-hydrogen) atoms. The first-order valence-corrected chi connectivity index (χ1v) is 6.20. The number of carbonyl (C=O) groups is 1. The third-order valence-electron chi connectivity index (χ3n) is 2.76. The Hall–Kier alpha value is -3.13. The third kappa shape index (κ3) is 3.67. The fourth-order valence-electron chi connectivity index (χ4n) is 1.74. The highest BCUT2D eigenvalue weighted by molar-refractivity contribution is 6.00. The van der Waals surface area contributed by atoms with Crippen LogP contribution in [0.15, 0.2) is 48.3 Å². The largest absolute Gasteiger partial charge is 0.455 e. The number of aryl methyl sites for hydroxylation is 1. The van der Waals surface area contributed by atoms with Crippen LogP contribution in [0.3, 0.4) is 0 Å². The summed E-state index contributed by atoms with van der Waals surface area (Å²) in [5.74, 6) is 0.572. The molecule has 2 aromatic rings. The van der Waals surface area contributed by atoms with E-state index in [9.17, 15) is 4.79 Å². The van der Waals surface area contributed by atoms with Gasteiger partial charge in [-0.2, -0.15) is 5.26 Å². The second kappa shape index (κ2) is 6.35. The van der Waals surface area contributed by atoms with Gasteiger partial charge in [0.2, 0.25) is 0 Å². The van der Waals surface area contributed by atoms with E-state index in [0.29, 0.717) is 17.1 Å². The van der Waals surface area contributed by atoms with Crippen molar-refractivity contribution in [2.75, 3.05) is 0 Å². The van der Waals surface area contributed by atoms with Gasteiger partial charge in [0.15, 0.2) is 0 Å². The molecule has 1 amide bonds. The minimum atomic E-state index is -0.745. The predicted molar refractivity (Wildman–Crippen MR) is 78.3 cm³/mol. The van der Waals surface area contributed by atoms with Gasteiger partial charge in [-0.15, -0.1) is 0 Å². The first kappa shape index (κ1) is 14.3. The number of nitrogens with zero attached hydrogens (tertiary/aromatic N) is 2. The average molecular weight is 279 g/mol. The van der Waals surface area contributed by atoms with Gasteiger partial charge in [-0.05, 0) is 48.4 Å². The Bertz CT molecular complexity index is 731. The molecule has 0 bridgehead atoms. The molecule has 0 aliphatic carbocycles. The number of benzene rings is 1. The minimum absolute atomic E-state index is 0.0877. The number of aromatic nitrogens is 1. The van der Waals surface area contributed by atoms with Crippen molar-refractivity contribution in [1.82, 2.24) is 4.98 Å². The molecule has 104 valence electrons. The zero-order chi connectivity index (χ0) is 15.2. The molecule has 2 rings (SSSR count). The zero-order valence-electron chi connectivity index (χ0n) is 11.4. The van der Waals surface area contributed by atoms with Gasteiger partial charge < -0.3 is 10.5 Å². The van der Waals surface area contributed by atoms with E-state index in [0.717, 1.165) is 5.56 Å². The van der Waals surface area contributed by atoms with Crippen LogP contribution in [0.4, 0.5) is 0 Å². The van der Waals surface area contributed by atoms with Crippen LogP contribution < -0.4 is 10.5 Å². The number of hydrogen-bond donors (Lipinski definition) is 1. The second-order valence-electron chi connectivity index (χ2n) is 4.35. The number of amides is 1. The second-order valence-corrected chi connectivity index (χ2v) is 4.35. The van der Waals surface area contributed by atoms with Crippen LogP contribution >= 0.6 is 0 Å². The summed E-state index contributed by atoms with van der Waals surface area (Å²) in [6, 6.07) is 10.7. The molecule has 0 aliphatic heterocycles. The number of nitriles is 1. The van der Waals surface area contributed by atoms with Gasteiger partial charge in [-0.25, -0.2) is 0 Å². The van der Waals surface area contributed by atoms with Crippen LogP contribution in [-0.2, 0) is 4.79 Å². The zero-order valence-corrected chi connectivity index (χ0v) is 11.4. The summed E-state index contributed by atoms with van der Waals surface area (Å²) in [5, 5.41) is 8.83. The Labute approximate surface area is 122 Å². The van der Waals surface area contributed by atoms with Crippen molar-refractivity contribution < 1.29 is 9.53 Å². The normalized spacial score (nSPS) is 10.8. The van der Waals surface area contributed by atoms with E-state index in [-0.39, 0.29) is 5.57 Å². The predicted octanol–water partition coefficient (Wildman–Crippen LogP) is 2.57. The van der Waals surface area contributed by atoms with E-state index in [2.05, 4.69) is 4.98 Å². The summed E-state index contributed by atoms with van der Waals surface area (Å²) in [5.41, 5.74) is 6.60. The molecule has 1 heterocycles. The molecule has 2 N–H and O–H groups in total. The Morgan fingerprint density at radius 1 is 1.43 bits per heavy atom. The van der Waals surface area contributed by atoms with Crippen LogP contribution in [0.5, 0.6) is 11.5 Å². The Morgan fingerprint density at radius 3 is 2.81 bits per heavy atom. The number of carbonyl (C=O) groups excluding carboxylic acids is 1. The summed E-state index contributed by atoms with van der Waals surface area (Å²) in [6.45, 7) is 1.87. The SMILES string of the molecule is Cc1cc(/C=C(\C#N)C(N)=O)ccc1Oc1cccnc1. The Morgan fingerprint density at radius 2 is 2.24 bits per heavy atom. The highest BCUT2D eigenvalue weighted by Gasteiger charge is 2.06. The summed E-state index contributed by atoms with van der Waals surface area (Å²) in [4.78, 5) is 15.0. The highest BCUT2D eigenvalue weighted by Crippen LogP contribution is 2.25. The quantitative estimate of drug-likeness (QED) is 0.688. The molecule has 5 heteroatoms. The first-order valence-electron chi connectivity index (χ1n) is 6.20. The van der Waals surface area contributed by atoms with Crippen molar-refractivity contribution >= 4 is 12.0 Å². The molecule has 0 radical (unpaired) electrons. The van der Waals surface area contributed by atoms with Crippen LogP contribution in [0, 0.1) is 18.3 Å². The van der Waals surface area contributed by atoms with Crippen LogP contribution in [0.1, 0.15) is 11.1 Å². The van der Waals surface area contributed by atoms with E-state index in [1.54, 1.807) is 42.7 Å². The average Bonchev–Trinajstić information content (AvgIpc) is 2.48. The van der Waals surface area contributed by atoms with Crippen molar-refractivity contribution in [3.63, 3.8) is 0 Å². The van der Waals surface area contributed by atoms with Gasteiger partial charge >= 0.3 is 0 Å². The topological polar surface area (TPSA) is 89.0 Å². The number of primary amides is 1. The molecule has 0 aliphatic rings. The molecule has 0 saturated carbocycles. The van der Waals surface area contributed by atoms with Crippen LogP contribution in [0.2, 0.25) is 0 Å². The summed E-state index contributed by atoms with van der Waals surface area (Å²) in [6.07, 6.45) is 4.73. The standard InChI is InChI=1S/C16H13N3O2/c1-11-7-12(8-13(9-17)16(18)20)4-5-15(11)21-14-3-2-6-19-10-14/h2-8,10H,1H3,(H2,18,20)/b13-8+. The van der Waals surface area contributed by atoms with E-state index in [1.807, 2.05) is 13.0 Å². The van der Waals surface area contributed by atoms with Crippen molar-refractivity contribution in [1.29, 1.82) is 5.26 Å². The molecule has 1 aromatic heterocycles. The molecular formula is C16H13N3O2. The van der Waals surface area contributed by atoms with Crippen molar-refractivity contribution in [2.24, 2.45) is 5.73 Å². The number of pyridine rings is 1. The highest BCUT2D eigenvalue weighted by atomic mass is 16.5. The molecule has 0 atom stereocenters. The van der Waals surface area contributed by atoms with Gasteiger partial charge in [-0.3, -0.25) is 9.78 Å². The molecule has 0 fully saturated rings. The lowest BCUT2D eigenvalue weighted by Gasteiger charge is -2.08. The molecule has 1 aromatic carbocycles. The maximum absolute atomic E-state index is 11.0. The Balaban J connectivity index is 2.26. The van der Waals surface area contributed by atoms with Crippen LogP contribution in [-0.4, -0.2) is 10.9 Å². The monoisotopic (exact) mass is 279 g/mol. The van der Waals surface area contributed by atoms with Gasteiger partial charge in [0.1, 0.15) is 23.1 Å². The molecule has 0 unspecified atom stereocenters. The van der Waals surface area contributed by atoms with Gasteiger partial charge in [-0.1, -0.05) is 6.07 Å². The maximum Gasteiger partial charge on any atom is 0.259 e. The van der Waals surface area contributed by atoms with E-state index in [1.165, 1.54) is 6.08 Å². The first-order chi connectivity index (χ1) is 10.1. The minimum Gasteiger partial charge on any atom is -0.455 e. The van der Waals surface area contributed by atoms with Crippen molar-refractivity contribution in [3.8, 4) is 17.6 Å². The van der Waals surface area contributed by atoms with Crippen LogP contribution in [0.25, 0.3) is 6.08 Å².